The van der Waals surface area contributed by atoms with Gasteiger partial charge in [-0.2, -0.15) is 0 Å². The molecular formula is C26H29NO6. The van der Waals surface area contributed by atoms with Crippen LogP contribution in [-0.4, -0.2) is 44.8 Å². The minimum atomic E-state index is -0.614. The monoisotopic (exact) mass is 451 g/mol. The van der Waals surface area contributed by atoms with Gasteiger partial charge in [0.25, 0.3) is 5.91 Å². The van der Waals surface area contributed by atoms with Crippen molar-refractivity contribution in [3.8, 4) is 11.5 Å². The average molecular weight is 452 g/mol. The van der Waals surface area contributed by atoms with E-state index < -0.39 is 6.04 Å². The molecule has 0 bridgehead atoms. The molecular weight excluding hydrogens is 422 g/mol. The highest BCUT2D eigenvalue weighted by Gasteiger charge is 2.42. The number of carbonyl (C=O) groups is 1. The summed E-state index contributed by atoms with van der Waals surface area (Å²) in [4.78, 5) is 28.5. The van der Waals surface area contributed by atoms with Gasteiger partial charge >= 0.3 is 0 Å². The molecule has 33 heavy (non-hydrogen) atoms. The van der Waals surface area contributed by atoms with Crippen molar-refractivity contribution in [2.45, 2.75) is 26.8 Å². The van der Waals surface area contributed by atoms with E-state index >= 15 is 0 Å². The number of hydrogen-bond donors (Lipinski definition) is 0. The van der Waals surface area contributed by atoms with Crippen LogP contribution >= 0.6 is 0 Å². The Bertz CT molecular complexity index is 1250. The van der Waals surface area contributed by atoms with Crippen LogP contribution in [0.3, 0.4) is 0 Å². The Morgan fingerprint density at radius 2 is 1.85 bits per heavy atom. The van der Waals surface area contributed by atoms with E-state index in [1.54, 1.807) is 31.3 Å². The Hall–Kier alpha value is -3.32. The maximum Gasteiger partial charge on any atom is 0.290 e. The third kappa shape index (κ3) is 4.20. The molecule has 1 unspecified atom stereocenters. The predicted molar refractivity (Wildman–Crippen MR) is 125 cm³/mol. The highest BCUT2D eigenvalue weighted by molar-refractivity contribution is 5.99. The van der Waals surface area contributed by atoms with E-state index in [1.807, 2.05) is 31.2 Å². The number of amides is 1. The van der Waals surface area contributed by atoms with Crippen LogP contribution in [0.1, 0.15) is 47.1 Å². The molecule has 4 rings (SSSR count). The highest BCUT2D eigenvalue weighted by atomic mass is 16.5. The maximum absolute atomic E-state index is 13.6. The van der Waals surface area contributed by atoms with Crippen LogP contribution in [0.5, 0.6) is 11.5 Å². The smallest absolute Gasteiger partial charge is 0.290 e. The summed E-state index contributed by atoms with van der Waals surface area (Å²) in [7, 11) is 3.15. The third-order valence-electron chi connectivity index (χ3n) is 5.73. The highest BCUT2D eigenvalue weighted by Crippen LogP contribution is 2.41. The number of carbonyl (C=O) groups excluding carboxylic acids is 1. The largest absolute Gasteiger partial charge is 0.493 e. The fourth-order valence-corrected chi connectivity index (χ4v) is 4.13. The molecule has 0 saturated carbocycles. The molecule has 3 aromatic rings. The van der Waals surface area contributed by atoms with E-state index in [0.29, 0.717) is 53.7 Å². The lowest BCUT2D eigenvalue weighted by atomic mass is 9.97. The first-order valence-electron chi connectivity index (χ1n) is 11.0. The molecule has 1 atom stereocenters. The number of benzene rings is 2. The number of methoxy groups -OCH3 is 2. The second-order valence-electron chi connectivity index (χ2n) is 8.68. The number of nitrogens with zero attached hydrogens (tertiary/aromatic N) is 1. The van der Waals surface area contributed by atoms with E-state index in [9.17, 15) is 9.59 Å². The SMILES string of the molecule is COCCN1C(=O)c2oc3ccc(C)cc3c(=O)c2C1c1ccc(OCC(C)C)c(OC)c1. The fourth-order valence-electron chi connectivity index (χ4n) is 4.13. The van der Waals surface area contributed by atoms with Gasteiger partial charge in [-0.05, 0) is 42.7 Å². The normalized spacial score (nSPS) is 15.4. The summed E-state index contributed by atoms with van der Waals surface area (Å²) in [6.45, 7) is 7.25. The minimum absolute atomic E-state index is 0.0801. The summed E-state index contributed by atoms with van der Waals surface area (Å²) in [5, 5.41) is 0.462. The Morgan fingerprint density at radius 1 is 1.06 bits per heavy atom. The van der Waals surface area contributed by atoms with Gasteiger partial charge in [0.2, 0.25) is 5.76 Å². The van der Waals surface area contributed by atoms with E-state index in [-0.39, 0.29) is 17.1 Å². The van der Waals surface area contributed by atoms with Gasteiger partial charge in [0, 0.05) is 13.7 Å². The topological polar surface area (TPSA) is 78.2 Å². The summed E-state index contributed by atoms with van der Waals surface area (Å²) in [5.41, 5.74) is 2.23. The van der Waals surface area contributed by atoms with Crippen LogP contribution in [0.25, 0.3) is 11.0 Å². The van der Waals surface area contributed by atoms with Gasteiger partial charge in [0.1, 0.15) is 5.58 Å². The summed E-state index contributed by atoms with van der Waals surface area (Å²) in [6, 6.07) is 10.3. The zero-order valence-electron chi connectivity index (χ0n) is 19.6. The van der Waals surface area contributed by atoms with Gasteiger partial charge in [-0.25, -0.2) is 0 Å². The molecule has 0 aliphatic carbocycles. The Labute approximate surface area is 192 Å². The Morgan fingerprint density at radius 3 is 2.55 bits per heavy atom. The lowest BCUT2D eigenvalue weighted by Gasteiger charge is -2.25. The van der Waals surface area contributed by atoms with E-state index in [2.05, 4.69) is 13.8 Å². The Balaban J connectivity index is 1.87. The van der Waals surface area contributed by atoms with Gasteiger partial charge < -0.3 is 23.5 Å². The van der Waals surface area contributed by atoms with E-state index in [4.69, 9.17) is 18.6 Å². The number of rotatable bonds is 8. The first-order chi connectivity index (χ1) is 15.8. The van der Waals surface area contributed by atoms with Crippen LogP contribution in [0.15, 0.2) is 45.6 Å². The molecule has 0 N–H and O–H groups in total. The zero-order valence-corrected chi connectivity index (χ0v) is 19.6. The van der Waals surface area contributed by atoms with Gasteiger partial charge in [-0.15, -0.1) is 0 Å². The van der Waals surface area contributed by atoms with Crippen LogP contribution in [0.2, 0.25) is 0 Å². The molecule has 1 aliphatic rings. The van der Waals surface area contributed by atoms with Crippen molar-refractivity contribution >= 4 is 16.9 Å². The molecule has 2 aromatic carbocycles. The lowest BCUT2D eigenvalue weighted by Crippen LogP contribution is -2.32. The number of aryl methyl sites for hydroxylation is 1. The van der Waals surface area contributed by atoms with Gasteiger partial charge in [-0.3, -0.25) is 9.59 Å². The summed E-state index contributed by atoms with van der Waals surface area (Å²) in [6.07, 6.45) is 0. The van der Waals surface area contributed by atoms with E-state index in [0.717, 1.165) is 11.1 Å². The molecule has 1 amide bonds. The second kappa shape index (κ2) is 9.27. The molecule has 1 aromatic heterocycles. The molecule has 0 saturated heterocycles. The van der Waals surface area contributed by atoms with E-state index in [1.165, 1.54) is 0 Å². The summed E-state index contributed by atoms with van der Waals surface area (Å²) in [5.74, 6) is 1.27. The molecule has 7 heteroatoms. The van der Waals surface area contributed by atoms with Gasteiger partial charge in [-0.1, -0.05) is 31.5 Å². The number of fused-ring (bicyclic) bond motifs is 2. The van der Waals surface area contributed by atoms with Crippen molar-refractivity contribution < 1.29 is 23.4 Å². The first-order valence-corrected chi connectivity index (χ1v) is 11.0. The lowest BCUT2D eigenvalue weighted by molar-refractivity contribution is 0.0663. The molecule has 2 heterocycles. The van der Waals surface area contributed by atoms with Crippen molar-refractivity contribution in [1.29, 1.82) is 0 Å². The van der Waals surface area contributed by atoms with Crippen molar-refractivity contribution in [2.75, 3.05) is 34.0 Å². The second-order valence-corrected chi connectivity index (χ2v) is 8.68. The zero-order chi connectivity index (χ0) is 23.7. The average Bonchev–Trinajstić information content (AvgIpc) is 3.08. The fraction of sp³-hybridized carbons (Fsp3) is 0.385. The number of hydrogen-bond acceptors (Lipinski definition) is 6. The first kappa shape index (κ1) is 22.9. The predicted octanol–water partition coefficient (Wildman–Crippen LogP) is 4.34. The van der Waals surface area contributed by atoms with Crippen LogP contribution in [0.4, 0.5) is 0 Å². The minimum Gasteiger partial charge on any atom is -0.493 e. The molecule has 1 aliphatic heterocycles. The van der Waals surface area contributed by atoms with Crippen molar-refractivity contribution in [3.05, 3.63) is 69.1 Å². The standard InChI is InChI=1S/C26H29NO6/c1-15(2)14-32-20-9-7-17(13-21(20)31-5)23-22-24(28)18-12-16(3)6-8-19(18)33-25(22)26(29)27(23)10-11-30-4/h6-9,12-13,15,23H,10-11,14H2,1-5H3. The summed E-state index contributed by atoms with van der Waals surface area (Å²) < 4.78 is 22.6. The Kier molecular flexibility index (Phi) is 6.42. The molecule has 7 nitrogen and oxygen atoms in total. The molecule has 0 fully saturated rings. The molecule has 0 radical (unpaired) electrons. The number of ether oxygens (including phenoxy) is 3. The van der Waals surface area contributed by atoms with Gasteiger partial charge in [0.05, 0.1) is 37.3 Å². The van der Waals surface area contributed by atoms with Crippen LogP contribution in [-0.2, 0) is 4.74 Å². The van der Waals surface area contributed by atoms with Crippen molar-refractivity contribution in [3.63, 3.8) is 0 Å². The summed E-state index contributed by atoms with van der Waals surface area (Å²) >= 11 is 0. The van der Waals surface area contributed by atoms with Crippen molar-refractivity contribution in [1.82, 2.24) is 4.90 Å². The maximum atomic E-state index is 13.6. The van der Waals surface area contributed by atoms with Crippen LogP contribution in [0, 0.1) is 12.8 Å². The molecule has 0 spiro atoms. The molecule has 174 valence electrons. The third-order valence-corrected chi connectivity index (χ3v) is 5.73. The van der Waals surface area contributed by atoms with Crippen LogP contribution < -0.4 is 14.9 Å². The van der Waals surface area contributed by atoms with Gasteiger partial charge in [0.15, 0.2) is 16.9 Å². The quantitative estimate of drug-likeness (QED) is 0.507. The van der Waals surface area contributed by atoms with Crippen molar-refractivity contribution in [2.24, 2.45) is 5.92 Å².